The van der Waals surface area contributed by atoms with Gasteiger partial charge in [-0.1, -0.05) is 0 Å². The quantitative estimate of drug-likeness (QED) is 0.458. The Kier molecular flexibility index (Phi) is 9.29. The Morgan fingerprint density at radius 1 is 0.933 bits per heavy atom. The van der Waals surface area contributed by atoms with Crippen LogP contribution in [0.4, 0.5) is 0 Å². The standard InChI is InChI=1S/C8H19O6P/c1-11-5-3-7-13-15(9,10)14-8-4-6-12-2/h3-8H2,1-2H3,(H,9,10). The van der Waals surface area contributed by atoms with Gasteiger partial charge in [-0.15, -0.1) is 0 Å². The third-order valence-electron chi connectivity index (χ3n) is 1.49. The number of methoxy groups -OCH3 is 2. The molecule has 0 spiro atoms. The van der Waals surface area contributed by atoms with Gasteiger partial charge in [-0.25, -0.2) is 4.57 Å². The van der Waals surface area contributed by atoms with Gasteiger partial charge in [0.05, 0.1) is 13.2 Å². The predicted octanol–water partition coefficient (Wildman–Crippen LogP) is 1.19. The summed E-state index contributed by atoms with van der Waals surface area (Å²) in [4.78, 5) is 9.14. The number of ether oxygens (including phenoxy) is 2. The van der Waals surface area contributed by atoms with Gasteiger partial charge in [-0.2, -0.15) is 0 Å². The van der Waals surface area contributed by atoms with Gasteiger partial charge in [0.1, 0.15) is 0 Å². The summed E-state index contributed by atoms with van der Waals surface area (Å²) in [5.74, 6) is 0. The highest BCUT2D eigenvalue weighted by Gasteiger charge is 2.19. The Hall–Kier alpha value is 0.0300. The number of hydrogen-bond acceptors (Lipinski definition) is 5. The second-order valence-corrected chi connectivity index (χ2v) is 4.28. The lowest BCUT2D eigenvalue weighted by Gasteiger charge is -2.11. The van der Waals surface area contributed by atoms with E-state index in [1.165, 1.54) is 0 Å². The maximum absolute atomic E-state index is 11.2. The molecule has 1 N–H and O–H groups in total. The molecule has 0 unspecified atom stereocenters. The predicted molar refractivity (Wildman–Crippen MR) is 54.7 cm³/mol. The Bertz CT molecular complexity index is 170. The fraction of sp³-hybridized carbons (Fsp3) is 1.00. The van der Waals surface area contributed by atoms with Crippen LogP contribution in [0.3, 0.4) is 0 Å². The van der Waals surface area contributed by atoms with E-state index in [1.807, 2.05) is 0 Å². The zero-order valence-corrected chi connectivity index (χ0v) is 10.1. The molecule has 0 amide bonds. The van der Waals surface area contributed by atoms with Crippen LogP contribution >= 0.6 is 7.82 Å². The van der Waals surface area contributed by atoms with E-state index in [9.17, 15) is 4.57 Å². The molecule has 0 aliphatic carbocycles. The minimum absolute atomic E-state index is 0.145. The summed E-state index contributed by atoms with van der Waals surface area (Å²) in [7, 11) is -0.773. The van der Waals surface area contributed by atoms with Crippen LogP contribution in [0, 0.1) is 0 Å². The van der Waals surface area contributed by atoms with E-state index in [-0.39, 0.29) is 13.2 Å². The highest BCUT2D eigenvalue weighted by Crippen LogP contribution is 2.43. The molecule has 0 radical (unpaired) electrons. The summed E-state index contributed by atoms with van der Waals surface area (Å²) in [6.45, 7) is 1.27. The number of phosphoric ester groups is 1. The van der Waals surface area contributed by atoms with Gasteiger partial charge in [0.2, 0.25) is 0 Å². The molecule has 0 aliphatic heterocycles. The van der Waals surface area contributed by atoms with E-state index in [4.69, 9.17) is 14.4 Å². The molecule has 0 fully saturated rings. The minimum atomic E-state index is -3.88. The summed E-state index contributed by atoms with van der Waals surface area (Å²) < 4.78 is 30.1. The lowest BCUT2D eigenvalue weighted by Crippen LogP contribution is -2.02. The second kappa shape index (κ2) is 9.27. The van der Waals surface area contributed by atoms with Gasteiger partial charge in [0.15, 0.2) is 0 Å². The highest BCUT2D eigenvalue weighted by molar-refractivity contribution is 7.47. The molecule has 0 aromatic carbocycles. The van der Waals surface area contributed by atoms with Crippen LogP contribution in [0.2, 0.25) is 0 Å². The normalized spacial score (nSPS) is 11.9. The molecule has 0 rings (SSSR count). The molecule has 15 heavy (non-hydrogen) atoms. The molecule has 0 aromatic rings. The monoisotopic (exact) mass is 242 g/mol. The summed E-state index contributed by atoms with van der Waals surface area (Å²) in [6, 6.07) is 0. The van der Waals surface area contributed by atoms with Crippen LogP contribution in [0.15, 0.2) is 0 Å². The smallest absolute Gasteiger partial charge is 0.385 e. The Balaban J connectivity index is 3.45. The van der Waals surface area contributed by atoms with Gasteiger partial charge in [0.25, 0.3) is 0 Å². The Morgan fingerprint density at radius 3 is 1.67 bits per heavy atom. The second-order valence-electron chi connectivity index (χ2n) is 2.83. The van der Waals surface area contributed by atoms with E-state index >= 15 is 0 Å². The van der Waals surface area contributed by atoms with Crippen LogP contribution in [0.25, 0.3) is 0 Å². The maximum Gasteiger partial charge on any atom is 0.472 e. The van der Waals surface area contributed by atoms with Crippen molar-refractivity contribution in [3.8, 4) is 0 Å². The first-order valence-electron chi connectivity index (χ1n) is 4.72. The van der Waals surface area contributed by atoms with Gasteiger partial charge in [-0.3, -0.25) is 9.05 Å². The molecule has 0 heterocycles. The summed E-state index contributed by atoms with van der Waals surface area (Å²) >= 11 is 0. The zero-order valence-electron chi connectivity index (χ0n) is 9.18. The van der Waals surface area contributed by atoms with Crippen LogP contribution in [-0.4, -0.2) is 45.5 Å². The van der Waals surface area contributed by atoms with E-state index in [1.54, 1.807) is 14.2 Å². The number of hydrogen-bond donors (Lipinski definition) is 1. The van der Waals surface area contributed by atoms with E-state index in [0.717, 1.165) is 0 Å². The van der Waals surface area contributed by atoms with Crippen molar-refractivity contribution in [2.75, 3.05) is 40.6 Å². The van der Waals surface area contributed by atoms with Crippen LogP contribution in [0.1, 0.15) is 12.8 Å². The minimum Gasteiger partial charge on any atom is -0.385 e. The molecule has 0 aromatic heterocycles. The fourth-order valence-electron chi connectivity index (χ4n) is 0.804. The molecule has 0 aliphatic rings. The van der Waals surface area contributed by atoms with Crippen molar-refractivity contribution in [3.05, 3.63) is 0 Å². The van der Waals surface area contributed by atoms with E-state index in [2.05, 4.69) is 9.05 Å². The number of phosphoric acid groups is 1. The van der Waals surface area contributed by atoms with Crippen molar-refractivity contribution in [1.29, 1.82) is 0 Å². The molecule has 0 atom stereocenters. The van der Waals surface area contributed by atoms with Crippen molar-refractivity contribution in [3.63, 3.8) is 0 Å². The first-order valence-corrected chi connectivity index (χ1v) is 6.21. The molecule has 6 nitrogen and oxygen atoms in total. The molecular weight excluding hydrogens is 223 g/mol. The van der Waals surface area contributed by atoms with Crippen molar-refractivity contribution >= 4 is 7.82 Å². The largest absolute Gasteiger partial charge is 0.472 e. The van der Waals surface area contributed by atoms with Crippen LogP contribution in [0.5, 0.6) is 0 Å². The van der Waals surface area contributed by atoms with Crippen molar-refractivity contribution in [2.24, 2.45) is 0 Å². The molecular formula is C8H19O6P. The Morgan fingerprint density at radius 2 is 1.33 bits per heavy atom. The first kappa shape index (κ1) is 15.0. The molecule has 0 bridgehead atoms. The van der Waals surface area contributed by atoms with E-state index < -0.39 is 7.82 Å². The average molecular weight is 242 g/mol. The SMILES string of the molecule is COCCCOP(=O)(O)OCCCOC. The van der Waals surface area contributed by atoms with Crippen molar-refractivity contribution in [2.45, 2.75) is 12.8 Å². The van der Waals surface area contributed by atoms with Crippen LogP contribution in [-0.2, 0) is 23.1 Å². The fourth-order valence-corrected chi connectivity index (χ4v) is 1.60. The zero-order chi connectivity index (χ0) is 11.6. The Labute approximate surface area is 90.1 Å². The molecule has 7 heteroatoms. The van der Waals surface area contributed by atoms with Gasteiger partial charge in [-0.05, 0) is 12.8 Å². The summed E-state index contributed by atoms with van der Waals surface area (Å²) in [5, 5.41) is 0. The third kappa shape index (κ3) is 10.3. The number of rotatable bonds is 10. The van der Waals surface area contributed by atoms with E-state index in [0.29, 0.717) is 26.1 Å². The topological polar surface area (TPSA) is 74.2 Å². The summed E-state index contributed by atoms with van der Waals surface area (Å²) in [5.41, 5.74) is 0. The summed E-state index contributed by atoms with van der Waals surface area (Å²) in [6.07, 6.45) is 1.12. The van der Waals surface area contributed by atoms with Gasteiger partial charge < -0.3 is 14.4 Å². The lowest BCUT2D eigenvalue weighted by atomic mass is 10.5. The third-order valence-corrected chi connectivity index (χ3v) is 2.51. The highest BCUT2D eigenvalue weighted by atomic mass is 31.2. The van der Waals surface area contributed by atoms with Crippen LogP contribution < -0.4 is 0 Å². The van der Waals surface area contributed by atoms with Gasteiger partial charge in [0, 0.05) is 27.4 Å². The average Bonchev–Trinajstić information content (AvgIpc) is 2.20. The van der Waals surface area contributed by atoms with Gasteiger partial charge >= 0.3 is 7.82 Å². The molecule has 0 saturated heterocycles. The van der Waals surface area contributed by atoms with Crippen molar-refractivity contribution in [1.82, 2.24) is 0 Å². The molecule has 0 saturated carbocycles. The first-order chi connectivity index (χ1) is 7.12. The lowest BCUT2D eigenvalue weighted by molar-refractivity contribution is 0.116. The van der Waals surface area contributed by atoms with Crippen molar-refractivity contribution < 1.29 is 28.0 Å². The maximum atomic E-state index is 11.2. The molecule has 92 valence electrons.